The predicted molar refractivity (Wildman–Crippen MR) is 164 cm³/mol. The Kier molecular flexibility index (Phi) is 8.79. The number of hydrogen-bond donors (Lipinski definition) is 1. The molecular formula is C35H47N3O5. The van der Waals surface area contributed by atoms with Gasteiger partial charge in [0.25, 0.3) is 0 Å². The van der Waals surface area contributed by atoms with Crippen molar-refractivity contribution < 1.29 is 24.2 Å². The largest absolute Gasteiger partial charge is 0.396 e. The molecular weight excluding hydrogens is 542 g/mol. The Morgan fingerprint density at radius 1 is 0.860 bits per heavy atom. The van der Waals surface area contributed by atoms with Crippen LogP contribution in [0.3, 0.4) is 0 Å². The molecule has 232 valence electrons. The van der Waals surface area contributed by atoms with E-state index in [4.69, 9.17) is 4.74 Å². The summed E-state index contributed by atoms with van der Waals surface area (Å²) in [5.41, 5.74) is -1.12. The maximum atomic E-state index is 14.7. The second-order valence-corrected chi connectivity index (χ2v) is 13.1. The van der Waals surface area contributed by atoms with Crippen molar-refractivity contribution in [2.24, 2.45) is 11.8 Å². The topological polar surface area (TPSA) is 90.4 Å². The average molecular weight is 590 g/mol. The van der Waals surface area contributed by atoms with Gasteiger partial charge in [-0.1, -0.05) is 93.7 Å². The Morgan fingerprint density at radius 2 is 1.60 bits per heavy atom. The van der Waals surface area contributed by atoms with Gasteiger partial charge in [0.15, 0.2) is 0 Å². The van der Waals surface area contributed by atoms with Gasteiger partial charge in [-0.05, 0) is 37.7 Å². The highest BCUT2D eigenvalue weighted by atomic mass is 16.5. The zero-order valence-corrected chi connectivity index (χ0v) is 25.5. The third kappa shape index (κ3) is 5.24. The van der Waals surface area contributed by atoms with Crippen LogP contribution >= 0.6 is 0 Å². The lowest BCUT2D eigenvalue weighted by molar-refractivity contribution is -0.155. The number of aliphatic hydroxyl groups is 1. The Labute approximate surface area is 255 Å². The zero-order valence-electron chi connectivity index (χ0n) is 25.5. The number of hydrogen-bond acceptors (Lipinski definition) is 5. The molecule has 5 atom stereocenters. The van der Waals surface area contributed by atoms with Crippen LogP contribution < -0.4 is 0 Å². The molecule has 1 N–H and O–H groups in total. The van der Waals surface area contributed by atoms with Crippen molar-refractivity contribution in [1.82, 2.24) is 14.7 Å². The van der Waals surface area contributed by atoms with E-state index in [1.54, 1.807) is 4.90 Å². The lowest BCUT2D eigenvalue weighted by Gasteiger charge is -2.40. The minimum Gasteiger partial charge on any atom is -0.396 e. The van der Waals surface area contributed by atoms with Crippen LogP contribution in [0.25, 0.3) is 0 Å². The molecule has 3 amide bonds. The standard InChI is InChI=1S/C35H47N3O5/c1-2-34-19-13-21-36(25-26-15-7-5-8-16-26)31(40)28(34)29-32(41)38(22-11-3-4-12-24-39)30-33(42)37(27-17-9-6-10-18-27)23-14-20-35(29,30)43-34/h5,7-8,13-16,19-20,27-30,39H,2-4,6,9-12,17-18,21-25H2,1H3/t28-,29-,30?,34+,35-/m0/s1. The smallest absolute Gasteiger partial charge is 0.249 e. The predicted octanol–water partition coefficient (Wildman–Crippen LogP) is 4.23. The van der Waals surface area contributed by atoms with Crippen molar-refractivity contribution in [2.75, 3.05) is 26.2 Å². The summed E-state index contributed by atoms with van der Waals surface area (Å²) in [6.07, 6.45) is 17.2. The van der Waals surface area contributed by atoms with Crippen molar-refractivity contribution in [3.05, 3.63) is 60.2 Å². The molecule has 4 heterocycles. The van der Waals surface area contributed by atoms with Crippen LogP contribution in [0.2, 0.25) is 0 Å². The second-order valence-electron chi connectivity index (χ2n) is 13.1. The first-order valence-electron chi connectivity index (χ1n) is 16.6. The number of carbonyl (C=O) groups excluding carboxylic acids is 3. The number of carbonyl (C=O) groups is 3. The first kappa shape index (κ1) is 30.1. The number of likely N-dealkylation sites (tertiary alicyclic amines) is 1. The minimum atomic E-state index is -1.20. The highest BCUT2D eigenvalue weighted by Gasteiger charge is 2.75. The summed E-state index contributed by atoms with van der Waals surface area (Å²) in [6, 6.07) is 9.32. The molecule has 0 bridgehead atoms. The van der Waals surface area contributed by atoms with E-state index in [1.807, 2.05) is 71.4 Å². The van der Waals surface area contributed by atoms with Crippen LogP contribution in [0.5, 0.6) is 0 Å². The summed E-state index contributed by atoms with van der Waals surface area (Å²) < 4.78 is 7.13. The van der Waals surface area contributed by atoms with Gasteiger partial charge in [-0.2, -0.15) is 0 Å². The summed E-state index contributed by atoms with van der Waals surface area (Å²) in [4.78, 5) is 49.5. The molecule has 3 fully saturated rings. The highest BCUT2D eigenvalue weighted by Crippen LogP contribution is 2.58. The van der Waals surface area contributed by atoms with E-state index in [-0.39, 0.29) is 30.4 Å². The fourth-order valence-electron chi connectivity index (χ4n) is 8.48. The quantitative estimate of drug-likeness (QED) is 0.326. The molecule has 4 aliphatic heterocycles. The van der Waals surface area contributed by atoms with E-state index in [1.165, 1.54) is 6.42 Å². The normalized spacial score (nSPS) is 32.6. The van der Waals surface area contributed by atoms with Crippen molar-refractivity contribution >= 4 is 17.7 Å². The Balaban J connectivity index is 1.38. The number of unbranched alkanes of at least 4 members (excludes halogenated alkanes) is 3. The van der Waals surface area contributed by atoms with Crippen molar-refractivity contribution in [1.29, 1.82) is 0 Å². The van der Waals surface area contributed by atoms with E-state index in [9.17, 15) is 19.5 Å². The molecule has 1 aliphatic carbocycles. The number of benzene rings is 1. The average Bonchev–Trinajstić information content (AvgIpc) is 3.32. The monoisotopic (exact) mass is 589 g/mol. The van der Waals surface area contributed by atoms with Crippen LogP contribution in [0.15, 0.2) is 54.6 Å². The summed E-state index contributed by atoms with van der Waals surface area (Å²) in [5.74, 6) is -1.74. The first-order valence-corrected chi connectivity index (χ1v) is 16.6. The molecule has 0 radical (unpaired) electrons. The summed E-state index contributed by atoms with van der Waals surface area (Å²) in [7, 11) is 0. The van der Waals surface area contributed by atoms with E-state index in [0.717, 1.165) is 56.9 Å². The van der Waals surface area contributed by atoms with Crippen LogP contribution in [0, 0.1) is 11.8 Å². The number of aliphatic hydroxyl groups excluding tert-OH is 1. The third-order valence-electron chi connectivity index (χ3n) is 10.6. The fourth-order valence-corrected chi connectivity index (χ4v) is 8.48. The van der Waals surface area contributed by atoms with Gasteiger partial charge in [-0.15, -0.1) is 0 Å². The highest BCUT2D eigenvalue weighted by molar-refractivity contribution is 6.00. The molecule has 6 rings (SSSR count). The Morgan fingerprint density at radius 3 is 2.35 bits per heavy atom. The van der Waals surface area contributed by atoms with E-state index in [2.05, 4.69) is 0 Å². The lowest BCUT2D eigenvalue weighted by atomic mass is 9.73. The van der Waals surface area contributed by atoms with Crippen molar-refractivity contribution in [2.45, 2.75) is 101 Å². The number of nitrogens with zero attached hydrogens (tertiary/aromatic N) is 3. The van der Waals surface area contributed by atoms with Gasteiger partial charge in [0, 0.05) is 38.8 Å². The van der Waals surface area contributed by atoms with Gasteiger partial charge in [-0.3, -0.25) is 14.4 Å². The Bertz CT molecular complexity index is 1240. The van der Waals surface area contributed by atoms with Gasteiger partial charge in [0.05, 0.1) is 17.4 Å². The molecule has 1 aromatic carbocycles. The van der Waals surface area contributed by atoms with Gasteiger partial charge in [0.1, 0.15) is 11.6 Å². The molecule has 43 heavy (non-hydrogen) atoms. The van der Waals surface area contributed by atoms with Crippen molar-refractivity contribution in [3.63, 3.8) is 0 Å². The fraction of sp³-hybridized carbons (Fsp3) is 0.629. The molecule has 1 saturated carbocycles. The minimum absolute atomic E-state index is 0.0385. The molecule has 1 aromatic rings. The number of fused-ring (bicyclic) bond motifs is 2. The van der Waals surface area contributed by atoms with Gasteiger partial charge < -0.3 is 24.5 Å². The molecule has 1 unspecified atom stereocenters. The lowest BCUT2D eigenvalue weighted by Crippen LogP contribution is -2.57. The molecule has 1 spiro atoms. The van der Waals surface area contributed by atoms with Gasteiger partial charge in [-0.25, -0.2) is 0 Å². The summed E-state index contributed by atoms with van der Waals surface area (Å²) in [6.45, 7) is 4.02. The maximum absolute atomic E-state index is 14.7. The van der Waals surface area contributed by atoms with E-state index in [0.29, 0.717) is 32.6 Å². The number of ether oxygens (including phenoxy) is 1. The van der Waals surface area contributed by atoms with Crippen LogP contribution in [-0.2, 0) is 25.7 Å². The first-order chi connectivity index (χ1) is 21.0. The molecule has 2 saturated heterocycles. The van der Waals surface area contributed by atoms with Gasteiger partial charge >= 0.3 is 0 Å². The molecule has 5 aliphatic rings. The van der Waals surface area contributed by atoms with E-state index >= 15 is 0 Å². The molecule has 0 aromatic heterocycles. The van der Waals surface area contributed by atoms with E-state index < -0.39 is 29.1 Å². The van der Waals surface area contributed by atoms with Crippen molar-refractivity contribution in [3.8, 4) is 0 Å². The Hall–Kier alpha value is -2.97. The van der Waals surface area contributed by atoms with Crippen LogP contribution in [0.4, 0.5) is 0 Å². The third-order valence-corrected chi connectivity index (χ3v) is 10.6. The maximum Gasteiger partial charge on any atom is 0.249 e. The molecule has 8 heteroatoms. The summed E-state index contributed by atoms with van der Waals surface area (Å²) in [5, 5.41) is 9.24. The summed E-state index contributed by atoms with van der Waals surface area (Å²) >= 11 is 0. The van der Waals surface area contributed by atoms with Crippen LogP contribution in [-0.4, -0.2) is 87.1 Å². The van der Waals surface area contributed by atoms with Crippen LogP contribution in [0.1, 0.15) is 76.7 Å². The second kappa shape index (κ2) is 12.6. The number of rotatable bonds is 10. The molecule has 8 nitrogen and oxygen atoms in total. The number of amides is 3. The zero-order chi connectivity index (χ0) is 30.0. The SMILES string of the molecule is CC[C@@]12C=CCN(Cc3ccccc3)C(=O)[C@@H]1[C@H]1C(=O)N(CCCCCCO)C3C(=O)N(C4CCCCC4)CC=C[C@@]31O2. The van der Waals surface area contributed by atoms with Gasteiger partial charge in [0.2, 0.25) is 17.7 Å².